The molecule has 0 bridgehead atoms. The van der Waals surface area contributed by atoms with Crippen molar-refractivity contribution in [3.05, 3.63) is 29.6 Å². The number of rotatable bonds is 6. The smallest absolute Gasteiger partial charge is 0.339 e. The fourth-order valence-corrected chi connectivity index (χ4v) is 1.59. The normalized spacial score (nSPS) is 11.0. The summed E-state index contributed by atoms with van der Waals surface area (Å²) < 4.78 is 4.63. The highest BCUT2D eigenvalue weighted by molar-refractivity contribution is 5.88. The Bertz CT molecular complexity index is 374. The van der Waals surface area contributed by atoms with Crippen LogP contribution in [0.25, 0.3) is 0 Å². The van der Waals surface area contributed by atoms with Crippen LogP contribution in [0.4, 0.5) is 0 Å². The Morgan fingerprint density at radius 1 is 1.44 bits per heavy atom. The highest BCUT2D eigenvalue weighted by Gasteiger charge is 2.07. The largest absolute Gasteiger partial charge is 0.465 e. The lowest BCUT2D eigenvalue weighted by Gasteiger charge is -2.17. The van der Waals surface area contributed by atoms with E-state index in [1.165, 1.54) is 13.5 Å². The maximum Gasteiger partial charge on any atom is 0.339 e. The maximum atomic E-state index is 11.3. The van der Waals surface area contributed by atoms with E-state index in [4.69, 9.17) is 0 Å². The third-order valence-corrected chi connectivity index (χ3v) is 2.77. The molecule has 0 saturated carbocycles. The number of hydrogen-bond donors (Lipinski definition) is 0. The van der Waals surface area contributed by atoms with Crippen LogP contribution >= 0.6 is 0 Å². The van der Waals surface area contributed by atoms with Gasteiger partial charge in [0.2, 0.25) is 0 Å². The van der Waals surface area contributed by atoms with E-state index in [0.717, 1.165) is 18.8 Å². The molecule has 0 aromatic carbocycles. The van der Waals surface area contributed by atoms with Gasteiger partial charge < -0.3 is 9.64 Å². The molecule has 0 N–H and O–H groups in total. The number of aromatic nitrogens is 1. The average Bonchev–Trinajstić information content (AvgIpc) is 2.36. The van der Waals surface area contributed by atoms with Gasteiger partial charge in [-0.25, -0.2) is 4.79 Å². The van der Waals surface area contributed by atoms with Gasteiger partial charge in [0.25, 0.3) is 0 Å². The molecular formula is C14H22N2O2. The second-order valence-electron chi connectivity index (χ2n) is 4.95. The molecular weight excluding hydrogens is 228 g/mol. The van der Waals surface area contributed by atoms with E-state index in [0.29, 0.717) is 11.5 Å². The van der Waals surface area contributed by atoms with Crippen molar-refractivity contribution in [2.45, 2.75) is 26.8 Å². The predicted octanol–water partition coefficient (Wildman–Crippen LogP) is 2.35. The molecule has 0 aliphatic rings. The van der Waals surface area contributed by atoms with Gasteiger partial charge in [-0.2, -0.15) is 0 Å². The van der Waals surface area contributed by atoms with E-state index >= 15 is 0 Å². The number of esters is 1. The fraction of sp³-hybridized carbons (Fsp3) is 0.571. The number of hydrogen-bond acceptors (Lipinski definition) is 4. The van der Waals surface area contributed by atoms with Crippen molar-refractivity contribution in [3.8, 4) is 0 Å². The van der Waals surface area contributed by atoms with Crippen molar-refractivity contribution in [2.24, 2.45) is 5.92 Å². The fourth-order valence-electron chi connectivity index (χ4n) is 1.59. The Balaban J connectivity index is 2.50. The highest BCUT2D eigenvalue weighted by atomic mass is 16.5. The molecule has 4 nitrogen and oxygen atoms in total. The molecule has 0 spiro atoms. The van der Waals surface area contributed by atoms with Crippen molar-refractivity contribution >= 4 is 5.97 Å². The quantitative estimate of drug-likeness (QED) is 0.727. The molecule has 18 heavy (non-hydrogen) atoms. The molecule has 1 heterocycles. The Hall–Kier alpha value is -1.42. The lowest BCUT2D eigenvalue weighted by molar-refractivity contribution is 0.0600. The lowest BCUT2D eigenvalue weighted by atomic mass is 10.1. The third-order valence-electron chi connectivity index (χ3n) is 2.77. The van der Waals surface area contributed by atoms with Crippen molar-refractivity contribution in [1.82, 2.24) is 9.88 Å². The molecule has 0 fully saturated rings. The number of nitrogens with zero attached hydrogens (tertiary/aromatic N) is 2. The minimum Gasteiger partial charge on any atom is -0.465 e. The van der Waals surface area contributed by atoms with E-state index in [1.807, 2.05) is 6.07 Å². The first-order chi connectivity index (χ1) is 8.52. The van der Waals surface area contributed by atoms with Crippen LogP contribution in [0.3, 0.4) is 0 Å². The summed E-state index contributed by atoms with van der Waals surface area (Å²) in [4.78, 5) is 17.8. The maximum absolute atomic E-state index is 11.3. The van der Waals surface area contributed by atoms with Gasteiger partial charge >= 0.3 is 5.97 Å². The van der Waals surface area contributed by atoms with Crippen LogP contribution in [0.15, 0.2) is 18.3 Å². The van der Waals surface area contributed by atoms with Gasteiger partial charge in [0.15, 0.2) is 0 Å². The number of pyridine rings is 1. The predicted molar refractivity (Wildman–Crippen MR) is 71.4 cm³/mol. The zero-order valence-electron chi connectivity index (χ0n) is 11.6. The van der Waals surface area contributed by atoms with Gasteiger partial charge in [-0.3, -0.25) is 4.98 Å². The zero-order valence-corrected chi connectivity index (χ0v) is 11.6. The van der Waals surface area contributed by atoms with E-state index < -0.39 is 0 Å². The Kier molecular flexibility index (Phi) is 5.78. The van der Waals surface area contributed by atoms with Crippen LogP contribution in [0.2, 0.25) is 0 Å². The van der Waals surface area contributed by atoms with Crippen LogP contribution < -0.4 is 0 Å². The van der Waals surface area contributed by atoms with Crippen LogP contribution in [0.1, 0.15) is 36.3 Å². The summed E-state index contributed by atoms with van der Waals surface area (Å²) in [6.07, 6.45) is 2.74. The van der Waals surface area contributed by atoms with Crippen molar-refractivity contribution in [2.75, 3.05) is 20.7 Å². The summed E-state index contributed by atoms with van der Waals surface area (Å²) >= 11 is 0. The summed E-state index contributed by atoms with van der Waals surface area (Å²) in [5.41, 5.74) is 1.46. The molecule has 0 aliphatic heterocycles. The molecule has 4 heteroatoms. The number of methoxy groups -OCH3 is 1. The summed E-state index contributed by atoms with van der Waals surface area (Å²) in [6.45, 7) is 6.29. The topological polar surface area (TPSA) is 42.4 Å². The van der Waals surface area contributed by atoms with Crippen molar-refractivity contribution in [3.63, 3.8) is 0 Å². The Morgan fingerprint density at radius 3 is 2.67 bits per heavy atom. The van der Waals surface area contributed by atoms with Crippen LogP contribution in [-0.4, -0.2) is 36.6 Å². The first-order valence-electron chi connectivity index (χ1n) is 6.24. The van der Waals surface area contributed by atoms with Crippen molar-refractivity contribution < 1.29 is 9.53 Å². The van der Waals surface area contributed by atoms with Gasteiger partial charge in [0.1, 0.15) is 0 Å². The average molecular weight is 250 g/mol. The second-order valence-corrected chi connectivity index (χ2v) is 4.95. The monoisotopic (exact) mass is 250 g/mol. The number of carbonyl (C=O) groups is 1. The van der Waals surface area contributed by atoms with Crippen LogP contribution in [0, 0.1) is 5.92 Å². The van der Waals surface area contributed by atoms with E-state index in [9.17, 15) is 4.79 Å². The second kappa shape index (κ2) is 7.11. The summed E-state index contributed by atoms with van der Waals surface area (Å²) in [6, 6.07) is 3.63. The minimum atomic E-state index is -0.345. The SMILES string of the molecule is COC(=O)c1ccc(CN(C)CCC(C)C)nc1. The molecule has 0 aliphatic carbocycles. The third kappa shape index (κ3) is 4.84. The number of carbonyl (C=O) groups excluding carboxylic acids is 1. The molecule has 100 valence electrons. The number of ether oxygens (including phenoxy) is 1. The zero-order chi connectivity index (χ0) is 13.5. The molecule has 1 aromatic heterocycles. The first kappa shape index (κ1) is 14.6. The minimum absolute atomic E-state index is 0.345. The summed E-state index contributed by atoms with van der Waals surface area (Å²) in [5.74, 6) is 0.365. The van der Waals surface area contributed by atoms with Crippen molar-refractivity contribution in [1.29, 1.82) is 0 Å². The van der Waals surface area contributed by atoms with E-state index in [-0.39, 0.29) is 5.97 Å². The standard InChI is InChI=1S/C14H22N2O2/c1-11(2)7-8-16(3)10-13-6-5-12(9-15-13)14(17)18-4/h5-6,9,11H,7-8,10H2,1-4H3. The summed E-state index contributed by atoms with van der Waals surface area (Å²) in [7, 11) is 3.45. The Labute approximate surface area is 109 Å². The van der Waals surface area contributed by atoms with Gasteiger partial charge in [-0.15, -0.1) is 0 Å². The molecule has 0 saturated heterocycles. The molecule has 0 radical (unpaired) electrons. The highest BCUT2D eigenvalue weighted by Crippen LogP contribution is 2.06. The lowest BCUT2D eigenvalue weighted by Crippen LogP contribution is -2.21. The van der Waals surface area contributed by atoms with E-state index in [2.05, 4.69) is 35.5 Å². The van der Waals surface area contributed by atoms with Gasteiger partial charge in [-0.1, -0.05) is 13.8 Å². The first-order valence-corrected chi connectivity index (χ1v) is 6.24. The van der Waals surface area contributed by atoms with Gasteiger partial charge in [0, 0.05) is 12.7 Å². The van der Waals surface area contributed by atoms with Gasteiger partial charge in [-0.05, 0) is 38.1 Å². The van der Waals surface area contributed by atoms with Crippen LogP contribution in [0.5, 0.6) is 0 Å². The molecule has 0 unspecified atom stereocenters. The molecule has 0 amide bonds. The Morgan fingerprint density at radius 2 is 2.17 bits per heavy atom. The van der Waals surface area contributed by atoms with E-state index in [1.54, 1.807) is 12.3 Å². The summed E-state index contributed by atoms with van der Waals surface area (Å²) in [5, 5.41) is 0. The molecule has 1 aromatic rings. The van der Waals surface area contributed by atoms with Gasteiger partial charge in [0.05, 0.1) is 18.4 Å². The molecule has 0 atom stereocenters. The molecule has 1 rings (SSSR count). The van der Waals surface area contributed by atoms with Crippen LogP contribution in [-0.2, 0) is 11.3 Å².